The van der Waals surface area contributed by atoms with Crippen molar-refractivity contribution in [1.29, 1.82) is 0 Å². The first-order chi connectivity index (χ1) is 10.8. The number of aryl methyl sites for hydroxylation is 1. The van der Waals surface area contributed by atoms with Crippen LogP contribution in [0.25, 0.3) is 0 Å². The van der Waals surface area contributed by atoms with Crippen LogP contribution in [0.2, 0.25) is 0 Å². The summed E-state index contributed by atoms with van der Waals surface area (Å²) in [6.07, 6.45) is -4.41. The van der Waals surface area contributed by atoms with Gasteiger partial charge in [-0.2, -0.15) is 13.2 Å². The van der Waals surface area contributed by atoms with E-state index in [0.29, 0.717) is 31.7 Å². The van der Waals surface area contributed by atoms with Crippen LogP contribution < -0.4 is 10.2 Å². The zero-order chi connectivity index (χ0) is 17.0. The van der Waals surface area contributed by atoms with E-state index in [4.69, 9.17) is 5.11 Å². The number of anilines is 1. The van der Waals surface area contributed by atoms with Crippen LogP contribution >= 0.6 is 0 Å². The molecule has 0 atom stereocenters. The van der Waals surface area contributed by atoms with Gasteiger partial charge in [-0.15, -0.1) is 0 Å². The van der Waals surface area contributed by atoms with Gasteiger partial charge < -0.3 is 20.2 Å². The van der Waals surface area contributed by atoms with Crippen molar-refractivity contribution in [2.45, 2.75) is 13.1 Å². The van der Waals surface area contributed by atoms with Crippen molar-refractivity contribution in [1.82, 2.24) is 10.2 Å². The second kappa shape index (κ2) is 7.08. The predicted octanol–water partition coefficient (Wildman–Crippen LogP) is 1.84. The van der Waals surface area contributed by atoms with Crippen molar-refractivity contribution in [2.75, 3.05) is 44.2 Å². The van der Waals surface area contributed by atoms with Gasteiger partial charge in [-0.05, 0) is 19.1 Å². The first-order valence-corrected chi connectivity index (χ1v) is 7.39. The number of rotatable bonds is 3. The number of amides is 2. The van der Waals surface area contributed by atoms with Gasteiger partial charge in [-0.25, -0.2) is 4.79 Å². The van der Waals surface area contributed by atoms with Gasteiger partial charge >= 0.3 is 12.2 Å². The normalized spacial score (nSPS) is 15.7. The SMILES string of the molecule is Cc1ccc(N2CCN(C(=O)NCCO)CC2)c(C(F)(F)F)c1. The lowest BCUT2D eigenvalue weighted by molar-refractivity contribution is -0.137. The number of carbonyl (C=O) groups excluding carboxylic acids is 1. The zero-order valence-electron chi connectivity index (χ0n) is 12.9. The minimum absolute atomic E-state index is 0.149. The lowest BCUT2D eigenvalue weighted by Gasteiger charge is -2.37. The molecular formula is C15H20F3N3O2. The minimum atomic E-state index is -4.41. The molecule has 0 bridgehead atoms. The number of benzene rings is 1. The van der Waals surface area contributed by atoms with E-state index >= 15 is 0 Å². The highest BCUT2D eigenvalue weighted by atomic mass is 19.4. The molecule has 128 valence electrons. The molecule has 2 rings (SSSR count). The molecule has 0 radical (unpaired) electrons. The summed E-state index contributed by atoms with van der Waals surface area (Å²) in [6.45, 7) is 2.98. The Morgan fingerprint density at radius 2 is 1.91 bits per heavy atom. The molecule has 2 amide bonds. The summed E-state index contributed by atoms with van der Waals surface area (Å²) in [7, 11) is 0. The Morgan fingerprint density at radius 1 is 1.26 bits per heavy atom. The average Bonchev–Trinajstić information content (AvgIpc) is 2.52. The smallest absolute Gasteiger partial charge is 0.395 e. The molecule has 1 aliphatic heterocycles. The molecule has 1 aromatic rings. The highest BCUT2D eigenvalue weighted by Gasteiger charge is 2.35. The summed E-state index contributed by atoms with van der Waals surface area (Å²) in [5, 5.41) is 11.2. The number of halogens is 3. The van der Waals surface area contributed by atoms with Crippen LogP contribution in [0.1, 0.15) is 11.1 Å². The molecule has 23 heavy (non-hydrogen) atoms. The summed E-state index contributed by atoms with van der Waals surface area (Å²) >= 11 is 0. The maximum atomic E-state index is 13.2. The molecule has 8 heteroatoms. The first kappa shape index (κ1) is 17.4. The second-order valence-electron chi connectivity index (χ2n) is 5.45. The number of aliphatic hydroxyl groups is 1. The molecular weight excluding hydrogens is 311 g/mol. The maximum Gasteiger partial charge on any atom is 0.418 e. The first-order valence-electron chi connectivity index (χ1n) is 7.39. The van der Waals surface area contributed by atoms with Gasteiger partial charge in [0.15, 0.2) is 0 Å². The van der Waals surface area contributed by atoms with Gasteiger partial charge in [0.25, 0.3) is 0 Å². The summed E-state index contributed by atoms with van der Waals surface area (Å²) in [6, 6.07) is 3.99. The highest BCUT2D eigenvalue weighted by molar-refractivity contribution is 5.74. The summed E-state index contributed by atoms with van der Waals surface area (Å²) in [5.74, 6) is 0. The minimum Gasteiger partial charge on any atom is -0.395 e. The second-order valence-corrected chi connectivity index (χ2v) is 5.45. The van der Waals surface area contributed by atoms with Gasteiger partial charge in [0.1, 0.15) is 0 Å². The third-order valence-corrected chi connectivity index (χ3v) is 3.75. The van der Waals surface area contributed by atoms with E-state index < -0.39 is 11.7 Å². The predicted molar refractivity (Wildman–Crippen MR) is 80.5 cm³/mol. The van der Waals surface area contributed by atoms with Gasteiger partial charge in [-0.1, -0.05) is 11.6 Å². The van der Waals surface area contributed by atoms with Crippen molar-refractivity contribution in [3.63, 3.8) is 0 Å². The fourth-order valence-electron chi connectivity index (χ4n) is 2.58. The lowest BCUT2D eigenvalue weighted by Crippen LogP contribution is -2.52. The maximum absolute atomic E-state index is 13.2. The van der Waals surface area contributed by atoms with Crippen LogP contribution in [-0.4, -0.2) is 55.4 Å². The number of hydrogen-bond donors (Lipinski definition) is 2. The fourth-order valence-corrected chi connectivity index (χ4v) is 2.58. The van der Waals surface area contributed by atoms with E-state index in [0.717, 1.165) is 6.07 Å². The third kappa shape index (κ3) is 4.28. The Kier molecular flexibility index (Phi) is 5.35. The number of nitrogens with one attached hydrogen (secondary N) is 1. The standard InChI is InChI=1S/C15H20F3N3O2/c1-11-2-3-13(12(10-11)15(16,17)18)20-5-7-21(8-6-20)14(23)19-4-9-22/h2-3,10,22H,4-9H2,1H3,(H,19,23). The van der Waals surface area contributed by atoms with Crippen LogP contribution in [0, 0.1) is 6.92 Å². The molecule has 0 spiro atoms. The molecule has 1 heterocycles. The van der Waals surface area contributed by atoms with Gasteiger partial charge in [0, 0.05) is 38.4 Å². The topological polar surface area (TPSA) is 55.8 Å². The number of carbonyl (C=O) groups is 1. The lowest BCUT2D eigenvalue weighted by atomic mass is 10.1. The number of nitrogens with zero attached hydrogens (tertiary/aromatic N) is 2. The summed E-state index contributed by atoms with van der Waals surface area (Å²) in [4.78, 5) is 15.0. The Labute approximate surface area is 132 Å². The molecule has 5 nitrogen and oxygen atoms in total. The Bertz CT molecular complexity index is 555. The van der Waals surface area contributed by atoms with Crippen LogP contribution in [0.3, 0.4) is 0 Å². The monoisotopic (exact) mass is 331 g/mol. The fraction of sp³-hybridized carbons (Fsp3) is 0.533. The van der Waals surface area contributed by atoms with Crippen molar-refractivity contribution in [3.05, 3.63) is 29.3 Å². The summed E-state index contributed by atoms with van der Waals surface area (Å²) < 4.78 is 39.6. The quantitative estimate of drug-likeness (QED) is 0.889. The molecule has 0 aromatic heterocycles. The molecule has 2 N–H and O–H groups in total. The number of urea groups is 1. The highest BCUT2D eigenvalue weighted by Crippen LogP contribution is 2.37. The Morgan fingerprint density at radius 3 is 2.48 bits per heavy atom. The largest absolute Gasteiger partial charge is 0.418 e. The average molecular weight is 331 g/mol. The molecule has 0 unspecified atom stereocenters. The number of piperazine rings is 1. The van der Waals surface area contributed by atoms with E-state index in [2.05, 4.69) is 5.32 Å². The van der Waals surface area contributed by atoms with Crippen molar-refractivity contribution < 1.29 is 23.1 Å². The van der Waals surface area contributed by atoms with Crippen molar-refractivity contribution in [3.8, 4) is 0 Å². The van der Waals surface area contributed by atoms with Crippen molar-refractivity contribution >= 4 is 11.7 Å². The van der Waals surface area contributed by atoms with E-state index in [9.17, 15) is 18.0 Å². The molecule has 1 aliphatic rings. The van der Waals surface area contributed by atoms with Gasteiger partial charge in [0.05, 0.1) is 12.2 Å². The van der Waals surface area contributed by atoms with Crippen LogP contribution in [0.5, 0.6) is 0 Å². The number of hydrogen-bond acceptors (Lipinski definition) is 3. The molecule has 1 fully saturated rings. The Hall–Kier alpha value is -1.96. The van der Waals surface area contributed by atoms with E-state index in [1.165, 1.54) is 11.0 Å². The Balaban J connectivity index is 2.07. The number of aliphatic hydroxyl groups excluding tert-OH is 1. The molecule has 0 aliphatic carbocycles. The van der Waals surface area contributed by atoms with Crippen LogP contribution in [-0.2, 0) is 6.18 Å². The van der Waals surface area contributed by atoms with E-state index in [-0.39, 0.29) is 24.9 Å². The molecule has 0 saturated carbocycles. The van der Waals surface area contributed by atoms with Crippen molar-refractivity contribution in [2.24, 2.45) is 0 Å². The zero-order valence-corrected chi connectivity index (χ0v) is 12.9. The van der Waals surface area contributed by atoms with Gasteiger partial charge in [-0.3, -0.25) is 0 Å². The van der Waals surface area contributed by atoms with Crippen LogP contribution in [0.4, 0.5) is 23.7 Å². The summed E-state index contributed by atoms with van der Waals surface area (Å²) in [5.41, 5.74) is 0.0669. The van der Waals surface area contributed by atoms with Gasteiger partial charge in [0.2, 0.25) is 0 Å². The number of alkyl halides is 3. The van der Waals surface area contributed by atoms with Crippen LogP contribution in [0.15, 0.2) is 18.2 Å². The molecule has 1 aromatic carbocycles. The third-order valence-electron chi connectivity index (χ3n) is 3.75. The molecule has 1 saturated heterocycles. The van der Waals surface area contributed by atoms with E-state index in [1.54, 1.807) is 17.9 Å². The van der Waals surface area contributed by atoms with E-state index in [1.807, 2.05) is 0 Å².